The Hall–Kier alpha value is -15.5. The molecule has 0 aliphatic carbocycles. The van der Waals surface area contributed by atoms with Crippen LogP contribution in [0.2, 0.25) is 0 Å². The average molecular weight is 1520 g/mol. The van der Waals surface area contributed by atoms with Crippen molar-refractivity contribution in [2.24, 2.45) is 0 Å². The summed E-state index contributed by atoms with van der Waals surface area (Å²) in [6.45, 7) is 0. The van der Waals surface area contributed by atoms with E-state index in [4.69, 9.17) is 49.3 Å². The number of fused-ring (bicyclic) bond motifs is 27. The molecule has 13 aromatic carbocycles. The number of furan rings is 1. The Balaban J connectivity index is 0.000000107. The molecular weight excluding hydrogens is 1450 g/mol. The molecule has 13 heteroatoms. The summed E-state index contributed by atoms with van der Waals surface area (Å²) in [7, 11) is -3.17. The Morgan fingerprint density at radius 3 is 1.00 bits per heavy atom. The second-order valence-electron chi connectivity index (χ2n) is 29.1. The number of rotatable bonds is 8. The molecule has 0 N–H and O–H groups in total. The zero-order valence-electron chi connectivity index (χ0n) is 62.6. The largest absolute Gasteiger partial charge is 0.455 e. The lowest BCUT2D eigenvalue weighted by molar-refractivity contribution is 0.592. The first-order valence-electron chi connectivity index (χ1n) is 38.8. The summed E-state index contributed by atoms with van der Waals surface area (Å²) in [5, 5.41) is 20.8. The van der Waals surface area contributed by atoms with Crippen LogP contribution in [0.25, 0.3) is 208 Å². The summed E-state index contributed by atoms with van der Waals surface area (Å²) >= 11 is 0. The maximum atomic E-state index is 15.2. The normalized spacial score (nSPS) is 11.8. The van der Waals surface area contributed by atoms with E-state index in [1.165, 1.54) is 0 Å². The zero-order chi connectivity index (χ0) is 77.5. The number of nitrogens with zero attached hydrogens (tertiary/aromatic N) is 10. The van der Waals surface area contributed by atoms with Crippen molar-refractivity contribution in [2.75, 3.05) is 0 Å². The molecule has 546 valence electrons. The molecule has 117 heavy (non-hydrogen) atoms. The summed E-state index contributed by atoms with van der Waals surface area (Å²) < 4.78 is 21.6. The number of benzene rings is 13. The first kappa shape index (κ1) is 68.3. The van der Waals surface area contributed by atoms with Gasteiger partial charge in [0.05, 0.1) is 66.7 Å². The van der Waals surface area contributed by atoms with E-state index >= 15 is 4.57 Å². The summed E-state index contributed by atoms with van der Waals surface area (Å²) in [5.74, 6) is 0. The highest BCUT2D eigenvalue weighted by Crippen LogP contribution is 2.49. The van der Waals surface area contributed by atoms with Crippen LogP contribution in [-0.4, -0.2) is 49.8 Å². The van der Waals surface area contributed by atoms with Gasteiger partial charge in [0.25, 0.3) is 0 Å². The molecule has 0 bridgehead atoms. The molecule has 0 saturated carbocycles. The molecule has 11 aromatic heterocycles. The molecule has 0 unspecified atom stereocenters. The molecule has 0 atom stereocenters. The number of hydrogen-bond acceptors (Lipinski definition) is 12. The van der Waals surface area contributed by atoms with E-state index in [1.807, 2.05) is 189 Å². The van der Waals surface area contributed by atoms with Gasteiger partial charge in [-0.3, -0.25) is 34.9 Å². The number of para-hydroxylation sites is 5. The van der Waals surface area contributed by atoms with E-state index in [-0.39, 0.29) is 0 Å². The highest BCUT2D eigenvalue weighted by molar-refractivity contribution is 7.85. The summed E-state index contributed by atoms with van der Waals surface area (Å²) in [6, 6.07) is 113. The van der Waals surface area contributed by atoms with E-state index < -0.39 is 7.14 Å². The topological polar surface area (TPSA) is 159 Å². The van der Waals surface area contributed by atoms with E-state index in [0.717, 1.165) is 224 Å². The van der Waals surface area contributed by atoms with Crippen LogP contribution in [0, 0.1) is 0 Å². The van der Waals surface area contributed by atoms with Crippen LogP contribution < -0.4 is 15.9 Å². The second-order valence-corrected chi connectivity index (χ2v) is 31.9. The smallest absolute Gasteiger partial charge is 0.171 e. The lowest BCUT2D eigenvalue weighted by atomic mass is 9.92. The summed E-state index contributed by atoms with van der Waals surface area (Å²) in [6.07, 6.45) is 14.7. The van der Waals surface area contributed by atoms with Gasteiger partial charge < -0.3 is 8.98 Å². The lowest BCUT2D eigenvalue weighted by Crippen LogP contribution is -2.25. The molecule has 12 nitrogen and oxygen atoms in total. The average Bonchev–Trinajstić information content (AvgIpc) is 1.59. The third-order valence-corrected chi connectivity index (χ3v) is 25.6. The minimum atomic E-state index is -3.17. The van der Waals surface area contributed by atoms with E-state index in [2.05, 4.69) is 193 Å². The van der Waals surface area contributed by atoms with Crippen molar-refractivity contribution in [1.82, 2.24) is 49.8 Å². The van der Waals surface area contributed by atoms with Gasteiger partial charge in [0.15, 0.2) is 7.14 Å². The first-order chi connectivity index (χ1) is 58.0. The van der Waals surface area contributed by atoms with E-state index in [0.29, 0.717) is 0 Å². The van der Waals surface area contributed by atoms with Crippen LogP contribution in [0.4, 0.5) is 0 Å². The van der Waals surface area contributed by atoms with Crippen molar-refractivity contribution in [3.8, 4) is 56.0 Å². The standard InChI is InChI=1S/C37H24N3OP.C37H21N3O.C30H18N4/c41-42(26-13-3-1-4-14-26,27-15-5-2-6-16-27)28-17-9-12-25(24-28)35-34-31-20-11-23-39-37(31)36-30(19-10-22-38-36)33(34)29-18-7-8-21-32(29)40-35;1-3-17-30-27(12-1)32-28-15-7-19-38-35(28)36-29(16-8-20-39-36)33(32)34(40-30)23-10-5-9-22(21-23)24-13-6-14-26-25-11-2-4-18-31(25)41-37(24)26;1-2-13-25-22(10-1)26-23-11-5-15-32-29(23)30-24(12-6-16-33-30)27(26)28(34-25)20-8-3-7-19(17-20)21-9-4-14-31-18-21/h1-24H;1-21H;1-18H. The van der Waals surface area contributed by atoms with Gasteiger partial charge in [-0.25, -0.2) is 15.0 Å². The quantitative estimate of drug-likeness (QED) is 0.105. The zero-order valence-corrected chi connectivity index (χ0v) is 63.5. The predicted molar refractivity (Wildman–Crippen MR) is 481 cm³/mol. The Labute approximate surface area is 669 Å². The Morgan fingerprint density at radius 1 is 0.231 bits per heavy atom. The highest BCUT2D eigenvalue weighted by Gasteiger charge is 2.31. The van der Waals surface area contributed by atoms with Gasteiger partial charge in [-0.2, -0.15) is 0 Å². The summed E-state index contributed by atoms with van der Waals surface area (Å²) in [4.78, 5) is 48.6. The van der Waals surface area contributed by atoms with Crippen LogP contribution in [0.1, 0.15) is 0 Å². The van der Waals surface area contributed by atoms with Crippen molar-refractivity contribution in [3.63, 3.8) is 0 Å². The van der Waals surface area contributed by atoms with Crippen molar-refractivity contribution < 1.29 is 8.98 Å². The number of hydrogen-bond donors (Lipinski definition) is 0. The lowest BCUT2D eigenvalue weighted by Gasteiger charge is -2.21. The van der Waals surface area contributed by atoms with Crippen molar-refractivity contribution in [3.05, 3.63) is 383 Å². The number of pyridine rings is 10. The Morgan fingerprint density at radius 2 is 0.556 bits per heavy atom. The molecule has 0 saturated heterocycles. The third kappa shape index (κ3) is 11.4. The minimum absolute atomic E-state index is 0.769. The molecule has 0 fully saturated rings. The van der Waals surface area contributed by atoms with Gasteiger partial charge in [-0.1, -0.05) is 249 Å². The Bertz CT molecular complexity index is 8170. The van der Waals surface area contributed by atoms with Gasteiger partial charge in [-0.15, -0.1) is 0 Å². The molecule has 11 heterocycles. The third-order valence-electron chi connectivity index (χ3n) is 22.5. The molecule has 0 spiro atoms. The monoisotopic (exact) mass is 1510 g/mol. The molecule has 24 aromatic rings. The molecular formula is C104H63N10O2P. The van der Waals surface area contributed by atoms with Crippen LogP contribution in [0.3, 0.4) is 0 Å². The summed E-state index contributed by atoms with van der Waals surface area (Å²) in [5.41, 5.74) is 20.0. The first-order valence-corrected chi connectivity index (χ1v) is 40.5. The highest BCUT2D eigenvalue weighted by atomic mass is 31.2. The minimum Gasteiger partial charge on any atom is -0.455 e. The fraction of sp³-hybridized carbons (Fsp3) is 0. The SMILES string of the molecule is O=P(c1ccccc1)(c1ccccc1)c1cccc(-c2nc3ccccc3c3c4cccnc4c4ncccc4c23)c1.c1cc(-c2cccc3c2oc2ccccc23)cc(-c2nc3ccccc3c3c4cccnc4c4ncccc4c23)c1.c1cncc(-c2cccc(-c3nc4ccccc4c4c5cccnc5c5ncccc5c34)c2)c1. The molecule has 0 amide bonds. The fourth-order valence-corrected chi connectivity index (χ4v) is 20.1. The van der Waals surface area contributed by atoms with Crippen molar-refractivity contribution in [2.45, 2.75) is 0 Å². The molecule has 0 radical (unpaired) electrons. The molecule has 24 rings (SSSR count). The van der Waals surface area contributed by atoms with Gasteiger partial charge >= 0.3 is 0 Å². The van der Waals surface area contributed by atoms with Crippen LogP contribution in [0.15, 0.2) is 388 Å². The molecule has 0 aliphatic rings. The van der Waals surface area contributed by atoms with Gasteiger partial charge in [0.1, 0.15) is 11.2 Å². The van der Waals surface area contributed by atoms with Crippen molar-refractivity contribution in [1.29, 1.82) is 0 Å². The van der Waals surface area contributed by atoms with E-state index in [9.17, 15) is 0 Å². The van der Waals surface area contributed by atoms with Crippen LogP contribution in [-0.2, 0) is 4.57 Å². The Kier molecular flexibility index (Phi) is 16.5. The maximum Gasteiger partial charge on any atom is 0.171 e. The van der Waals surface area contributed by atoms with Gasteiger partial charge in [0.2, 0.25) is 0 Å². The molecule has 0 aliphatic heterocycles. The fourth-order valence-electron chi connectivity index (χ4n) is 17.4. The van der Waals surface area contributed by atoms with Gasteiger partial charge in [-0.05, 0) is 96.1 Å². The maximum absolute atomic E-state index is 15.2. The van der Waals surface area contributed by atoms with E-state index in [1.54, 1.807) is 6.20 Å². The van der Waals surface area contributed by atoms with Gasteiger partial charge in [0, 0.05) is 185 Å². The van der Waals surface area contributed by atoms with Crippen molar-refractivity contribution >= 4 is 175 Å². The van der Waals surface area contributed by atoms with Crippen LogP contribution in [0.5, 0.6) is 0 Å². The number of aromatic nitrogens is 10. The second kappa shape index (κ2) is 28.3. The van der Waals surface area contributed by atoms with Crippen LogP contribution >= 0.6 is 7.14 Å². The predicted octanol–water partition coefficient (Wildman–Crippen LogP) is 24.7.